The number of ether oxygens (including phenoxy) is 2. The largest absolute Gasteiger partial charge is 0.465 e. The molecule has 12 nitrogen and oxygen atoms in total. The maximum absolute atomic E-state index is 13.7. The molecular formula is C30H24N6O6S2. The molecule has 1 aliphatic heterocycles. The molecule has 3 amide bonds. The van der Waals surface area contributed by atoms with Crippen molar-refractivity contribution in [2.75, 3.05) is 22.3 Å². The van der Waals surface area contributed by atoms with E-state index in [0.29, 0.717) is 16.4 Å². The number of amides is 3. The maximum Gasteiger partial charge on any atom is 0.349 e. The molecule has 6 rings (SSSR count). The molecule has 0 unspecified atom stereocenters. The Kier molecular flexibility index (Phi) is 8.13. The predicted molar refractivity (Wildman–Crippen MR) is 165 cm³/mol. The summed E-state index contributed by atoms with van der Waals surface area (Å²) in [6.45, 7) is 0.193. The molecule has 3 heterocycles. The van der Waals surface area contributed by atoms with Gasteiger partial charge in [-0.15, -0.1) is 0 Å². The normalized spacial score (nSPS) is 15.4. The minimum atomic E-state index is -1.13. The summed E-state index contributed by atoms with van der Waals surface area (Å²) in [6, 6.07) is 23.5. The second kappa shape index (κ2) is 12.3. The van der Waals surface area contributed by atoms with E-state index in [2.05, 4.69) is 20.0 Å². The van der Waals surface area contributed by atoms with Crippen LogP contribution in [0.1, 0.15) is 25.6 Å². The van der Waals surface area contributed by atoms with Crippen LogP contribution in [0, 0.1) is 0 Å². The fourth-order valence-corrected chi connectivity index (χ4v) is 6.02. The van der Waals surface area contributed by atoms with Gasteiger partial charge in [-0.3, -0.25) is 19.7 Å². The van der Waals surface area contributed by atoms with Crippen LogP contribution in [0.5, 0.6) is 0 Å². The van der Waals surface area contributed by atoms with Gasteiger partial charge < -0.3 is 14.4 Å². The average Bonchev–Trinajstić information content (AvgIpc) is 3.50. The fraction of sp³-hybridized carbons (Fsp3) is 0.133. The van der Waals surface area contributed by atoms with Gasteiger partial charge in [0.05, 0.1) is 30.1 Å². The first-order valence-electron chi connectivity index (χ1n) is 13.2. The first kappa shape index (κ1) is 29.1. The topological polar surface area (TPSA) is 160 Å². The summed E-state index contributed by atoms with van der Waals surface area (Å²) in [6.07, 6.45) is -0.964. The molecule has 5 aromatic rings. The Morgan fingerprint density at radius 3 is 2.36 bits per heavy atom. The number of carbonyl (C=O) groups excluding carboxylic acids is 4. The highest BCUT2D eigenvalue weighted by atomic mass is 32.1. The second-order valence-electron chi connectivity index (χ2n) is 9.58. The van der Waals surface area contributed by atoms with Crippen LogP contribution in [0.2, 0.25) is 0 Å². The highest BCUT2D eigenvalue weighted by Crippen LogP contribution is 2.32. The number of aromatic nitrogens is 2. The zero-order valence-corrected chi connectivity index (χ0v) is 24.7. The number of thiazole rings is 2. The van der Waals surface area contributed by atoms with Crippen molar-refractivity contribution in [2.45, 2.75) is 18.8 Å². The molecule has 0 saturated carbocycles. The Balaban J connectivity index is 1.17. The summed E-state index contributed by atoms with van der Waals surface area (Å²) < 4.78 is 11.1. The highest BCUT2D eigenvalue weighted by molar-refractivity contribution is 7.22. The number of anilines is 3. The van der Waals surface area contributed by atoms with Crippen molar-refractivity contribution >= 4 is 72.5 Å². The van der Waals surface area contributed by atoms with E-state index >= 15 is 0 Å². The molecule has 0 spiro atoms. The Bertz CT molecular complexity index is 1830. The molecule has 44 heavy (non-hydrogen) atoms. The molecular weight excluding hydrogens is 605 g/mol. The van der Waals surface area contributed by atoms with Gasteiger partial charge in [-0.2, -0.15) is 0 Å². The molecule has 3 aromatic carbocycles. The number of nitrogens with one attached hydrogen (secondary N) is 1. The van der Waals surface area contributed by atoms with E-state index in [1.165, 1.54) is 29.5 Å². The van der Waals surface area contributed by atoms with Crippen LogP contribution in [0.4, 0.5) is 16.0 Å². The molecule has 3 N–H and O–H groups in total. The van der Waals surface area contributed by atoms with Gasteiger partial charge in [0.1, 0.15) is 4.88 Å². The summed E-state index contributed by atoms with van der Waals surface area (Å²) in [5, 5.41) is 4.12. The summed E-state index contributed by atoms with van der Waals surface area (Å²) >= 11 is 2.25. The molecule has 1 saturated heterocycles. The number of hydrazine groups is 1. The quantitative estimate of drug-likeness (QED) is 0.0808. The molecule has 1 aliphatic rings. The molecule has 2 aromatic heterocycles. The smallest absolute Gasteiger partial charge is 0.349 e. The van der Waals surface area contributed by atoms with Crippen LogP contribution in [-0.2, 0) is 25.6 Å². The standard InChI is InChI=1S/C30H24N6O6S2/c1-41-28(40)22-15-32-30(44-22)36(31)27(39)24-23(42-24)26(38)35(16-17-7-3-2-4-8-17)19-13-11-18(12-14-19)25(37)34-29-33-20-9-5-6-10-21(20)43-29/h2-15,23-24H,16,31H2,1H3,(H,33,34,37)/t23-,24-/m0/s1. The lowest BCUT2D eigenvalue weighted by molar-refractivity contribution is -0.121. The first-order chi connectivity index (χ1) is 21.3. The van der Waals surface area contributed by atoms with Crippen molar-refractivity contribution in [1.29, 1.82) is 0 Å². The third-order valence-electron chi connectivity index (χ3n) is 6.71. The van der Waals surface area contributed by atoms with Crippen molar-refractivity contribution in [3.05, 3.63) is 101 Å². The number of para-hydroxylation sites is 1. The maximum atomic E-state index is 13.7. The molecule has 0 aliphatic carbocycles. The Morgan fingerprint density at radius 1 is 0.932 bits per heavy atom. The number of esters is 1. The first-order valence-corrected chi connectivity index (χ1v) is 14.9. The minimum Gasteiger partial charge on any atom is -0.465 e. The van der Waals surface area contributed by atoms with E-state index < -0.39 is 30.0 Å². The number of rotatable bonds is 9. The lowest BCUT2D eigenvalue weighted by Crippen LogP contribution is -2.43. The summed E-state index contributed by atoms with van der Waals surface area (Å²) in [7, 11) is 1.23. The van der Waals surface area contributed by atoms with Crippen molar-refractivity contribution in [3.63, 3.8) is 0 Å². The monoisotopic (exact) mass is 628 g/mol. The Morgan fingerprint density at radius 2 is 1.64 bits per heavy atom. The van der Waals surface area contributed by atoms with E-state index in [1.807, 2.05) is 54.6 Å². The number of carbonyl (C=O) groups is 4. The predicted octanol–water partition coefficient (Wildman–Crippen LogP) is 4.00. The molecule has 14 heteroatoms. The number of methoxy groups -OCH3 is 1. The summed E-state index contributed by atoms with van der Waals surface area (Å²) in [5.41, 5.74) is 2.53. The third kappa shape index (κ3) is 6.05. The van der Waals surface area contributed by atoms with Gasteiger partial charge in [0.15, 0.2) is 17.3 Å². The van der Waals surface area contributed by atoms with Crippen molar-refractivity contribution in [1.82, 2.24) is 9.97 Å². The lowest BCUT2D eigenvalue weighted by atomic mass is 10.1. The number of fused-ring (bicyclic) bond motifs is 1. The van der Waals surface area contributed by atoms with E-state index in [9.17, 15) is 19.2 Å². The van der Waals surface area contributed by atoms with E-state index in [-0.39, 0.29) is 22.5 Å². The van der Waals surface area contributed by atoms with E-state index in [4.69, 9.17) is 10.6 Å². The van der Waals surface area contributed by atoms with Gasteiger partial charge in [-0.1, -0.05) is 65.1 Å². The van der Waals surface area contributed by atoms with Gasteiger partial charge in [-0.25, -0.2) is 25.6 Å². The van der Waals surface area contributed by atoms with Crippen LogP contribution in [0.15, 0.2) is 85.1 Å². The van der Waals surface area contributed by atoms with Crippen molar-refractivity contribution < 1.29 is 28.7 Å². The van der Waals surface area contributed by atoms with Crippen molar-refractivity contribution in [3.8, 4) is 0 Å². The highest BCUT2D eigenvalue weighted by Gasteiger charge is 2.53. The Hall–Kier alpha value is -5.02. The molecule has 222 valence electrons. The molecule has 0 radical (unpaired) electrons. The average molecular weight is 629 g/mol. The van der Waals surface area contributed by atoms with Gasteiger partial charge in [0.25, 0.3) is 17.7 Å². The zero-order valence-electron chi connectivity index (χ0n) is 23.1. The van der Waals surface area contributed by atoms with Crippen LogP contribution in [-0.4, -0.2) is 53.0 Å². The molecule has 0 bridgehead atoms. The SMILES string of the molecule is COC(=O)c1cnc(N(N)C(=O)[C@H]2O[C@@H]2C(=O)N(Cc2ccccc2)c2ccc(C(=O)Nc3nc4ccccc4s3)cc2)s1. The molecule has 2 atom stereocenters. The van der Waals surface area contributed by atoms with Gasteiger partial charge in [-0.05, 0) is 42.0 Å². The van der Waals surface area contributed by atoms with Crippen LogP contribution in [0.25, 0.3) is 10.2 Å². The lowest BCUT2D eigenvalue weighted by Gasteiger charge is -2.23. The van der Waals surface area contributed by atoms with Crippen molar-refractivity contribution in [2.24, 2.45) is 5.84 Å². The number of epoxide rings is 1. The van der Waals surface area contributed by atoms with E-state index in [0.717, 1.165) is 32.1 Å². The summed E-state index contributed by atoms with van der Waals surface area (Å²) in [5.74, 6) is 3.87. The number of hydrogen-bond donors (Lipinski definition) is 2. The van der Waals surface area contributed by atoms with Gasteiger partial charge >= 0.3 is 5.97 Å². The number of hydrogen-bond acceptors (Lipinski definition) is 11. The third-order valence-corrected chi connectivity index (χ3v) is 8.64. The van der Waals surface area contributed by atoms with Gasteiger partial charge in [0, 0.05) is 11.3 Å². The van der Waals surface area contributed by atoms with Gasteiger partial charge in [0.2, 0.25) is 5.13 Å². The van der Waals surface area contributed by atoms with Crippen LogP contribution < -0.4 is 21.1 Å². The summed E-state index contributed by atoms with van der Waals surface area (Å²) in [4.78, 5) is 61.5. The zero-order chi connectivity index (χ0) is 30.8. The number of nitrogens with zero attached hydrogens (tertiary/aromatic N) is 4. The van der Waals surface area contributed by atoms with Crippen LogP contribution in [0.3, 0.4) is 0 Å². The van der Waals surface area contributed by atoms with Crippen LogP contribution >= 0.6 is 22.7 Å². The minimum absolute atomic E-state index is 0.0537. The number of nitrogens with two attached hydrogens (primary N) is 1. The second-order valence-corrected chi connectivity index (χ2v) is 11.6. The van der Waals surface area contributed by atoms with E-state index in [1.54, 1.807) is 24.3 Å². The number of benzene rings is 3. The fourth-order valence-electron chi connectivity index (χ4n) is 4.39. The Labute approximate surface area is 258 Å². The molecule has 1 fully saturated rings.